The van der Waals surface area contributed by atoms with Gasteiger partial charge < -0.3 is 4.74 Å². The predicted octanol–water partition coefficient (Wildman–Crippen LogP) is 0.785. The Morgan fingerprint density at radius 2 is 2.29 bits per heavy atom. The smallest absolute Gasteiger partial charge is 0.274 e. The fourth-order valence-corrected chi connectivity index (χ4v) is 1.30. The lowest BCUT2D eigenvalue weighted by molar-refractivity contribution is -0.128. The van der Waals surface area contributed by atoms with Gasteiger partial charge in [0.2, 0.25) is 0 Å². The molecule has 0 aromatic heterocycles. The molecule has 1 amide bonds. The standard InChI is InChI=1S/C11H13FN2O3/c1-2-10(11(16)14-13)17-9-4-7(6-15)3-8(12)5-9/h3-6,10H,2,13H2,1H3,(H,14,16). The minimum Gasteiger partial charge on any atom is -0.480 e. The molecule has 0 aliphatic rings. The van der Waals surface area contributed by atoms with E-state index in [1.807, 2.05) is 5.43 Å². The first-order chi connectivity index (χ1) is 8.10. The maximum atomic E-state index is 13.1. The van der Waals surface area contributed by atoms with Crippen molar-refractivity contribution < 1.29 is 18.7 Å². The molecule has 0 saturated heterocycles. The largest absolute Gasteiger partial charge is 0.480 e. The number of ether oxygens (including phenoxy) is 1. The van der Waals surface area contributed by atoms with Gasteiger partial charge in [0.1, 0.15) is 17.9 Å². The van der Waals surface area contributed by atoms with Gasteiger partial charge in [-0.25, -0.2) is 10.2 Å². The molecule has 1 rings (SSSR count). The van der Waals surface area contributed by atoms with Gasteiger partial charge in [-0.2, -0.15) is 0 Å². The number of rotatable bonds is 5. The maximum Gasteiger partial charge on any atom is 0.274 e. The number of amides is 1. The summed E-state index contributed by atoms with van der Waals surface area (Å²) < 4.78 is 18.3. The number of nitrogens with two attached hydrogens (primary N) is 1. The van der Waals surface area contributed by atoms with Crippen LogP contribution in [0.2, 0.25) is 0 Å². The minimum absolute atomic E-state index is 0.113. The van der Waals surface area contributed by atoms with Crippen molar-refractivity contribution in [2.45, 2.75) is 19.4 Å². The number of benzene rings is 1. The van der Waals surface area contributed by atoms with Crippen molar-refractivity contribution in [1.29, 1.82) is 0 Å². The highest BCUT2D eigenvalue weighted by atomic mass is 19.1. The second-order valence-corrected chi connectivity index (χ2v) is 3.36. The molecule has 17 heavy (non-hydrogen) atoms. The molecule has 0 aliphatic heterocycles. The third kappa shape index (κ3) is 3.53. The van der Waals surface area contributed by atoms with E-state index in [2.05, 4.69) is 0 Å². The number of nitrogens with one attached hydrogen (secondary N) is 1. The van der Waals surface area contributed by atoms with E-state index in [-0.39, 0.29) is 11.3 Å². The van der Waals surface area contributed by atoms with Gasteiger partial charge in [0.05, 0.1) is 0 Å². The Morgan fingerprint density at radius 3 is 2.82 bits per heavy atom. The van der Waals surface area contributed by atoms with Crippen LogP contribution in [0.5, 0.6) is 5.75 Å². The van der Waals surface area contributed by atoms with Crippen LogP contribution in [0.3, 0.4) is 0 Å². The van der Waals surface area contributed by atoms with Crippen LogP contribution >= 0.6 is 0 Å². The lowest BCUT2D eigenvalue weighted by Gasteiger charge is -2.15. The van der Waals surface area contributed by atoms with E-state index < -0.39 is 17.8 Å². The van der Waals surface area contributed by atoms with Crippen molar-refractivity contribution in [1.82, 2.24) is 5.43 Å². The SMILES string of the molecule is CCC(Oc1cc(F)cc(C=O)c1)C(=O)NN. The topological polar surface area (TPSA) is 81.4 Å². The highest BCUT2D eigenvalue weighted by Crippen LogP contribution is 2.17. The van der Waals surface area contributed by atoms with Gasteiger partial charge in [0, 0.05) is 11.6 Å². The first kappa shape index (κ1) is 13.1. The number of hydrogen-bond donors (Lipinski definition) is 2. The average molecular weight is 240 g/mol. The van der Waals surface area contributed by atoms with Crippen LogP contribution < -0.4 is 16.0 Å². The van der Waals surface area contributed by atoms with Gasteiger partial charge in [0.15, 0.2) is 6.10 Å². The Balaban J connectivity index is 2.89. The number of carbonyl (C=O) groups excluding carboxylic acids is 2. The first-order valence-corrected chi connectivity index (χ1v) is 5.03. The second kappa shape index (κ2) is 5.95. The summed E-state index contributed by atoms with van der Waals surface area (Å²) in [7, 11) is 0. The van der Waals surface area contributed by atoms with Gasteiger partial charge in [-0.1, -0.05) is 6.92 Å². The molecule has 1 unspecified atom stereocenters. The van der Waals surface area contributed by atoms with E-state index in [4.69, 9.17) is 10.6 Å². The summed E-state index contributed by atoms with van der Waals surface area (Å²) in [4.78, 5) is 21.8. The monoisotopic (exact) mass is 240 g/mol. The quantitative estimate of drug-likeness (QED) is 0.345. The zero-order chi connectivity index (χ0) is 12.8. The normalized spacial score (nSPS) is 11.7. The molecule has 0 bridgehead atoms. The molecule has 0 radical (unpaired) electrons. The second-order valence-electron chi connectivity index (χ2n) is 3.36. The average Bonchev–Trinajstić information content (AvgIpc) is 2.34. The number of hydrazine groups is 1. The molecule has 0 aliphatic carbocycles. The maximum absolute atomic E-state index is 13.1. The van der Waals surface area contributed by atoms with E-state index >= 15 is 0 Å². The van der Waals surface area contributed by atoms with Gasteiger partial charge in [-0.15, -0.1) is 0 Å². The highest BCUT2D eigenvalue weighted by Gasteiger charge is 2.17. The number of aldehydes is 1. The van der Waals surface area contributed by atoms with Crippen molar-refractivity contribution in [2.24, 2.45) is 5.84 Å². The molecular formula is C11H13FN2O3. The summed E-state index contributed by atoms with van der Waals surface area (Å²) in [6, 6.07) is 3.52. The van der Waals surface area contributed by atoms with Crippen LogP contribution in [0.4, 0.5) is 4.39 Å². The molecule has 1 aromatic rings. The van der Waals surface area contributed by atoms with E-state index in [9.17, 15) is 14.0 Å². The molecule has 0 fully saturated rings. The highest BCUT2D eigenvalue weighted by molar-refractivity contribution is 5.80. The number of hydrogen-bond acceptors (Lipinski definition) is 4. The van der Waals surface area contributed by atoms with Crippen molar-refractivity contribution in [3.8, 4) is 5.75 Å². The number of halogens is 1. The molecule has 0 heterocycles. The fourth-order valence-electron chi connectivity index (χ4n) is 1.30. The van der Waals surface area contributed by atoms with Crippen LogP contribution in [0.15, 0.2) is 18.2 Å². The van der Waals surface area contributed by atoms with Crippen LogP contribution in [0, 0.1) is 5.82 Å². The molecular weight excluding hydrogens is 227 g/mol. The third-order valence-electron chi connectivity index (χ3n) is 2.11. The Labute approximate surface area is 97.7 Å². The molecule has 92 valence electrons. The van der Waals surface area contributed by atoms with Crippen molar-refractivity contribution in [3.63, 3.8) is 0 Å². The van der Waals surface area contributed by atoms with Gasteiger partial charge in [-0.3, -0.25) is 15.0 Å². The molecule has 0 saturated carbocycles. The van der Waals surface area contributed by atoms with Crippen molar-refractivity contribution in [3.05, 3.63) is 29.6 Å². The summed E-state index contributed by atoms with van der Waals surface area (Å²) in [6.45, 7) is 1.72. The summed E-state index contributed by atoms with van der Waals surface area (Å²) in [5, 5.41) is 0. The molecule has 3 N–H and O–H groups in total. The predicted molar refractivity (Wildman–Crippen MR) is 58.8 cm³/mol. The van der Waals surface area contributed by atoms with Gasteiger partial charge in [-0.05, 0) is 18.6 Å². The first-order valence-electron chi connectivity index (χ1n) is 5.03. The molecule has 0 spiro atoms. The van der Waals surface area contributed by atoms with Crippen LogP contribution in [0.25, 0.3) is 0 Å². The Kier molecular flexibility index (Phi) is 4.59. The van der Waals surface area contributed by atoms with Crippen molar-refractivity contribution in [2.75, 3.05) is 0 Å². The summed E-state index contributed by atoms with van der Waals surface area (Å²) in [5.74, 6) is 3.98. The molecule has 1 atom stereocenters. The van der Waals surface area contributed by atoms with Crippen LogP contribution in [-0.4, -0.2) is 18.3 Å². The lowest BCUT2D eigenvalue weighted by atomic mass is 10.2. The lowest BCUT2D eigenvalue weighted by Crippen LogP contribution is -2.41. The molecule has 1 aromatic carbocycles. The zero-order valence-corrected chi connectivity index (χ0v) is 9.27. The summed E-state index contributed by atoms with van der Waals surface area (Å²) in [6.07, 6.45) is 0.0527. The van der Waals surface area contributed by atoms with E-state index in [0.717, 1.165) is 12.1 Å². The van der Waals surface area contributed by atoms with Crippen molar-refractivity contribution >= 4 is 12.2 Å². The van der Waals surface area contributed by atoms with Crippen LogP contribution in [0.1, 0.15) is 23.7 Å². The minimum atomic E-state index is -0.818. The van der Waals surface area contributed by atoms with Gasteiger partial charge >= 0.3 is 0 Å². The molecule has 5 nitrogen and oxygen atoms in total. The Hall–Kier alpha value is -1.95. The van der Waals surface area contributed by atoms with E-state index in [1.165, 1.54) is 6.07 Å². The molecule has 6 heteroatoms. The Bertz CT molecular complexity index is 423. The number of carbonyl (C=O) groups is 2. The Morgan fingerprint density at radius 1 is 1.59 bits per heavy atom. The van der Waals surface area contributed by atoms with Crippen LogP contribution in [-0.2, 0) is 4.79 Å². The fraction of sp³-hybridized carbons (Fsp3) is 0.273. The van der Waals surface area contributed by atoms with Gasteiger partial charge in [0.25, 0.3) is 5.91 Å². The van der Waals surface area contributed by atoms with E-state index in [1.54, 1.807) is 6.92 Å². The summed E-state index contributed by atoms with van der Waals surface area (Å²) in [5.41, 5.74) is 2.09. The van der Waals surface area contributed by atoms with E-state index in [0.29, 0.717) is 12.7 Å². The third-order valence-corrected chi connectivity index (χ3v) is 2.11. The summed E-state index contributed by atoms with van der Waals surface area (Å²) >= 11 is 0. The zero-order valence-electron chi connectivity index (χ0n) is 9.27.